The molecule has 0 atom stereocenters. The Morgan fingerprint density at radius 3 is 2.15 bits per heavy atom. The van der Waals surface area contributed by atoms with Crippen LogP contribution in [0.3, 0.4) is 0 Å². The van der Waals surface area contributed by atoms with Crippen molar-refractivity contribution >= 4 is 5.97 Å². The van der Waals surface area contributed by atoms with E-state index in [9.17, 15) is 9.90 Å². The molecule has 0 aromatic carbocycles. The molecular weight excluding hydrogens is 168 g/mol. The molecule has 2 aliphatic rings. The summed E-state index contributed by atoms with van der Waals surface area (Å²) >= 11 is 0. The van der Waals surface area contributed by atoms with Gasteiger partial charge < -0.3 is 10.2 Å². The molecule has 3 heteroatoms. The van der Waals surface area contributed by atoms with Gasteiger partial charge in [0.05, 0.1) is 12.0 Å². The van der Waals surface area contributed by atoms with Crippen molar-refractivity contribution in [3.8, 4) is 0 Å². The van der Waals surface area contributed by atoms with Gasteiger partial charge in [0.25, 0.3) is 0 Å². The maximum absolute atomic E-state index is 10.7. The maximum Gasteiger partial charge on any atom is 0.306 e. The number of aliphatic carboxylic acids is 1. The number of hydrogen-bond acceptors (Lipinski definition) is 2. The van der Waals surface area contributed by atoms with E-state index in [2.05, 4.69) is 0 Å². The summed E-state index contributed by atoms with van der Waals surface area (Å²) in [7, 11) is 0. The van der Waals surface area contributed by atoms with Crippen molar-refractivity contribution in [2.75, 3.05) is 0 Å². The highest BCUT2D eigenvalue weighted by molar-refractivity contribution is 5.70. The lowest BCUT2D eigenvalue weighted by Gasteiger charge is -2.49. The second-order valence-corrected chi connectivity index (χ2v) is 4.67. The molecule has 2 fully saturated rings. The molecule has 0 aromatic rings. The van der Waals surface area contributed by atoms with Crippen LogP contribution in [0.1, 0.15) is 38.5 Å². The first kappa shape index (κ1) is 9.00. The van der Waals surface area contributed by atoms with E-state index in [0.29, 0.717) is 5.41 Å². The quantitative estimate of drug-likeness (QED) is 0.647. The first-order chi connectivity index (χ1) is 6.11. The smallest absolute Gasteiger partial charge is 0.306 e. The Hall–Kier alpha value is -0.570. The third-order valence-electron chi connectivity index (χ3n) is 3.73. The monoisotopic (exact) mass is 184 g/mol. The van der Waals surface area contributed by atoms with E-state index in [1.807, 2.05) is 0 Å². The molecule has 0 aromatic heterocycles. The van der Waals surface area contributed by atoms with Gasteiger partial charge in [-0.05, 0) is 43.9 Å². The first-order valence-electron chi connectivity index (χ1n) is 5.02. The van der Waals surface area contributed by atoms with E-state index in [1.54, 1.807) is 0 Å². The largest absolute Gasteiger partial charge is 0.481 e. The van der Waals surface area contributed by atoms with E-state index in [0.717, 1.165) is 38.5 Å². The zero-order chi connectivity index (χ0) is 9.47. The second-order valence-electron chi connectivity index (χ2n) is 4.67. The third-order valence-corrected chi connectivity index (χ3v) is 3.73. The summed E-state index contributed by atoms with van der Waals surface area (Å²) in [6.45, 7) is 0. The summed E-state index contributed by atoms with van der Waals surface area (Å²) in [6, 6.07) is 0. The lowest BCUT2D eigenvalue weighted by atomic mass is 9.58. The highest BCUT2D eigenvalue weighted by Crippen LogP contribution is 2.52. The van der Waals surface area contributed by atoms with Crippen molar-refractivity contribution in [2.24, 2.45) is 11.3 Å². The molecule has 0 saturated heterocycles. The molecule has 2 aliphatic carbocycles. The fraction of sp³-hybridized carbons (Fsp3) is 0.900. The molecule has 74 valence electrons. The van der Waals surface area contributed by atoms with Gasteiger partial charge >= 0.3 is 5.97 Å². The highest BCUT2D eigenvalue weighted by atomic mass is 16.4. The van der Waals surface area contributed by atoms with Gasteiger partial charge in [-0.25, -0.2) is 0 Å². The number of carboxylic acid groups (broad SMARTS) is 1. The third kappa shape index (κ3) is 1.57. The topological polar surface area (TPSA) is 57.5 Å². The molecule has 3 nitrogen and oxygen atoms in total. The predicted octanol–water partition coefficient (Wildman–Crippen LogP) is 1.40. The van der Waals surface area contributed by atoms with Crippen LogP contribution in [0.5, 0.6) is 0 Å². The van der Waals surface area contributed by atoms with Crippen LogP contribution < -0.4 is 0 Å². The van der Waals surface area contributed by atoms with Crippen LogP contribution in [-0.2, 0) is 4.79 Å². The summed E-state index contributed by atoms with van der Waals surface area (Å²) in [4.78, 5) is 10.7. The van der Waals surface area contributed by atoms with Crippen LogP contribution in [0.25, 0.3) is 0 Å². The maximum atomic E-state index is 10.7. The average molecular weight is 184 g/mol. The number of aliphatic hydroxyl groups is 1. The molecule has 2 saturated carbocycles. The molecular formula is C10H16O3. The van der Waals surface area contributed by atoms with Crippen molar-refractivity contribution < 1.29 is 15.0 Å². The zero-order valence-corrected chi connectivity index (χ0v) is 7.70. The van der Waals surface area contributed by atoms with Crippen LogP contribution in [0.4, 0.5) is 0 Å². The Balaban J connectivity index is 1.86. The molecule has 0 aliphatic heterocycles. The van der Waals surface area contributed by atoms with E-state index in [4.69, 9.17) is 5.11 Å². The summed E-state index contributed by atoms with van der Waals surface area (Å²) in [5, 5.41) is 18.0. The summed E-state index contributed by atoms with van der Waals surface area (Å²) in [5.74, 6) is -0.766. The van der Waals surface area contributed by atoms with Gasteiger partial charge in [-0.15, -0.1) is 0 Å². The molecule has 2 N–H and O–H groups in total. The number of carboxylic acids is 1. The van der Waals surface area contributed by atoms with Crippen LogP contribution >= 0.6 is 0 Å². The lowest BCUT2D eigenvalue weighted by molar-refractivity contribution is -0.145. The molecule has 0 radical (unpaired) electrons. The zero-order valence-electron chi connectivity index (χ0n) is 7.70. The highest BCUT2D eigenvalue weighted by Gasteiger charge is 2.46. The minimum atomic E-state index is -0.644. The van der Waals surface area contributed by atoms with Gasteiger partial charge in [0.15, 0.2) is 0 Å². The van der Waals surface area contributed by atoms with E-state index < -0.39 is 5.97 Å². The number of carbonyl (C=O) groups is 1. The van der Waals surface area contributed by atoms with Crippen LogP contribution in [0, 0.1) is 11.3 Å². The fourth-order valence-electron chi connectivity index (χ4n) is 2.83. The van der Waals surface area contributed by atoms with Crippen LogP contribution in [-0.4, -0.2) is 22.3 Å². The lowest BCUT2D eigenvalue weighted by Crippen LogP contribution is -2.44. The molecule has 13 heavy (non-hydrogen) atoms. The molecule has 2 rings (SSSR count). The van der Waals surface area contributed by atoms with Gasteiger partial charge in [-0.1, -0.05) is 0 Å². The average Bonchev–Trinajstić information content (AvgIpc) is 2.03. The Morgan fingerprint density at radius 2 is 1.77 bits per heavy atom. The predicted molar refractivity (Wildman–Crippen MR) is 47.3 cm³/mol. The SMILES string of the molecule is O=C(O)C1CCC2(CC1)CC(O)C2. The Bertz CT molecular complexity index is 208. The second kappa shape index (κ2) is 2.98. The molecule has 0 amide bonds. The Morgan fingerprint density at radius 1 is 1.23 bits per heavy atom. The number of hydrogen-bond donors (Lipinski definition) is 2. The van der Waals surface area contributed by atoms with Crippen molar-refractivity contribution in [3.05, 3.63) is 0 Å². The van der Waals surface area contributed by atoms with E-state index in [1.165, 1.54) is 0 Å². The van der Waals surface area contributed by atoms with Crippen molar-refractivity contribution in [3.63, 3.8) is 0 Å². The minimum absolute atomic E-state index is 0.110. The Kier molecular flexibility index (Phi) is 2.06. The molecule has 0 bridgehead atoms. The van der Waals surface area contributed by atoms with Gasteiger partial charge in [-0.3, -0.25) is 4.79 Å². The van der Waals surface area contributed by atoms with Gasteiger partial charge in [-0.2, -0.15) is 0 Å². The van der Waals surface area contributed by atoms with E-state index in [-0.39, 0.29) is 12.0 Å². The van der Waals surface area contributed by atoms with Gasteiger partial charge in [0.1, 0.15) is 0 Å². The van der Waals surface area contributed by atoms with Crippen molar-refractivity contribution in [1.82, 2.24) is 0 Å². The minimum Gasteiger partial charge on any atom is -0.481 e. The number of rotatable bonds is 1. The summed E-state index contributed by atoms with van der Waals surface area (Å²) < 4.78 is 0. The normalized spacial score (nSPS) is 44.4. The first-order valence-corrected chi connectivity index (χ1v) is 5.02. The van der Waals surface area contributed by atoms with Crippen molar-refractivity contribution in [1.29, 1.82) is 0 Å². The van der Waals surface area contributed by atoms with Crippen LogP contribution in [0.15, 0.2) is 0 Å². The van der Waals surface area contributed by atoms with E-state index >= 15 is 0 Å². The molecule has 1 spiro atoms. The van der Waals surface area contributed by atoms with Crippen molar-refractivity contribution in [2.45, 2.75) is 44.6 Å². The molecule has 0 heterocycles. The molecule has 0 unspecified atom stereocenters. The standard InChI is InChI=1S/C10H16O3/c11-8-5-10(6-8)3-1-7(2-4-10)9(12)13/h7-8,11H,1-6H2,(H,12,13). The van der Waals surface area contributed by atoms with Gasteiger partial charge in [0.2, 0.25) is 0 Å². The summed E-state index contributed by atoms with van der Waals surface area (Å²) in [6.07, 6.45) is 5.31. The Labute approximate surface area is 77.8 Å². The fourth-order valence-corrected chi connectivity index (χ4v) is 2.83. The number of aliphatic hydroxyl groups excluding tert-OH is 1. The van der Waals surface area contributed by atoms with Crippen LogP contribution in [0.2, 0.25) is 0 Å². The summed E-state index contributed by atoms with van der Waals surface area (Å²) in [5.41, 5.74) is 0.325. The van der Waals surface area contributed by atoms with Gasteiger partial charge in [0, 0.05) is 0 Å².